The van der Waals surface area contributed by atoms with Crippen molar-refractivity contribution in [3.05, 3.63) is 29.8 Å². The molecule has 0 aliphatic rings. The van der Waals surface area contributed by atoms with Crippen molar-refractivity contribution in [2.75, 3.05) is 11.2 Å². The van der Waals surface area contributed by atoms with Crippen LogP contribution in [0.2, 0.25) is 0 Å². The van der Waals surface area contributed by atoms with Gasteiger partial charge in [-0.05, 0) is 40.1 Å². The highest BCUT2D eigenvalue weighted by molar-refractivity contribution is 5.80. The van der Waals surface area contributed by atoms with E-state index in [-0.39, 0.29) is 17.4 Å². The minimum Gasteiger partial charge on any atom is -0.508 e. The first kappa shape index (κ1) is 9.97. The Hall–Kier alpha value is -2.57. The Kier molecular flexibility index (Phi) is 2.68. The van der Waals surface area contributed by atoms with Crippen LogP contribution < -0.4 is 11.2 Å². The van der Waals surface area contributed by atoms with Crippen LogP contribution >= 0.6 is 0 Å². The average Bonchev–Trinajstić information content (AvgIpc) is 2.68. The lowest BCUT2D eigenvalue weighted by atomic mass is 10.2. The lowest BCUT2D eigenvalue weighted by Gasteiger charge is -1.94. The number of hydrazone groups is 1. The third-order valence-corrected chi connectivity index (χ3v) is 1.79. The fourth-order valence-electron chi connectivity index (χ4n) is 1.00. The monoisotopic (exact) mass is 219 g/mol. The molecule has 4 N–H and O–H groups in total. The molecule has 0 spiro atoms. The molecule has 0 saturated carbocycles. The van der Waals surface area contributed by atoms with Crippen LogP contribution in [-0.4, -0.2) is 21.6 Å². The zero-order chi connectivity index (χ0) is 11.4. The van der Waals surface area contributed by atoms with E-state index in [9.17, 15) is 0 Å². The number of rotatable bonds is 3. The number of phenolic OH excluding ortho intramolecular Hbond substituents is 1. The van der Waals surface area contributed by atoms with E-state index < -0.39 is 0 Å². The molecule has 0 aliphatic carbocycles. The Balaban J connectivity index is 2.00. The van der Waals surface area contributed by atoms with E-state index in [1.54, 1.807) is 30.5 Å². The standard InChI is InChI=1S/C9H9N5O2/c10-8-9(14-16-13-8)12-11-5-6-1-3-7(15)4-2-6/h1-5,15H,(H2,10,13)(H,12,14)/b11-5-. The molecule has 0 fully saturated rings. The van der Waals surface area contributed by atoms with Crippen molar-refractivity contribution in [2.24, 2.45) is 5.10 Å². The number of nitrogens with two attached hydrogens (primary N) is 1. The molecule has 0 unspecified atom stereocenters. The van der Waals surface area contributed by atoms with Crippen molar-refractivity contribution in [1.29, 1.82) is 0 Å². The molecular formula is C9H9N5O2. The molecule has 1 heterocycles. The number of aromatic hydroxyl groups is 1. The first-order chi connectivity index (χ1) is 7.75. The summed E-state index contributed by atoms with van der Waals surface area (Å²) < 4.78 is 4.37. The average molecular weight is 219 g/mol. The van der Waals surface area contributed by atoms with Crippen LogP contribution in [0.3, 0.4) is 0 Å². The normalized spacial score (nSPS) is 10.8. The van der Waals surface area contributed by atoms with Gasteiger partial charge in [0, 0.05) is 0 Å². The second-order valence-corrected chi connectivity index (χ2v) is 2.96. The molecular weight excluding hydrogens is 210 g/mol. The summed E-state index contributed by atoms with van der Waals surface area (Å²) in [7, 11) is 0. The molecule has 0 saturated heterocycles. The van der Waals surface area contributed by atoms with E-state index in [1.807, 2.05) is 0 Å². The molecule has 0 radical (unpaired) electrons. The van der Waals surface area contributed by atoms with Gasteiger partial charge < -0.3 is 10.8 Å². The highest BCUT2D eigenvalue weighted by Gasteiger charge is 2.02. The summed E-state index contributed by atoms with van der Waals surface area (Å²) in [5, 5.41) is 19.8. The number of nitrogen functional groups attached to an aromatic ring is 1. The molecule has 0 bridgehead atoms. The summed E-state index contributed by atoms with van der Waals surface area (Å²) >= 11 is 0. The van der Waals surface area contributed by atoms with E-state index in [0.29, 0.717) is 0 Å². The maximum atomic E-state index is 9.06. The van der Waals surface area contributed by atoms with Gasteiger partial charge in [-0.1, -0.05) is 0 Å². The quantitative estimate of drug-likeness (QED) is 0.520. The van der Waals surface area contributed by atoms with Crippen LogP contribution in [0.5, 0.6) is 5.75 Å². The molecule has 7 nitrogen and oxygen atoms in total. The number of anilines is 2. The lowest BCUT2D eigenvalue weighted by molar-refractivity contribution is 0.310. The number of hydrogen-bond acceptors (Lipinski definition) is 7. The molecule has 2 aromatic rings. The molecule has 0 atom stereocenters. The largest absolute Gasteiger partial charge is 0.508 e. The Labute approximate surface area is 90.5 Å². The van der Waals surface area contributed by atoms with Crippen molar-refractivity contribution < 1.29 is 9.74 Å². The van der Waals surface area contributed by atoms with E-state index in [2.05, 4.69) is 25.5 Å². The lowest BCUT2D eigenvalue weighted by Crippen LogP contribution is -1.95. The third kappa shape index (κ3) is 2.27. The van der Waals surface area contributed by atoms with Gasteiger partial charge in [0.25, 0.3) is 0 Å². The van der Waals surface area contributed by atoms with Crippen molar-refractivity contribution >= 4 is 17.9 Å². The van der Waals surface area contributed by atoms with Crippen LogP contribution in [0.1, 0.15) is 5.56 Å². The van der Waals surface area contributed by atoms with Gasteiger partial charge in [0.1, 0.15) is 5.75 Å². The molecule has 16 heavy (non-hydrogen) atoms. The van der Waals surface area contributed by atoms with Gasteiger partial charge in [0.05, 0.1) is 6.21 Å². The van der Waals surface area contributed by atoms with E-state index >= 15 is 0 Å². The number of benzene rings is 1. The minimum absolute atomic E-state index is 0.142. The van der Waals surface area contributed by atoms with E-state index in [4.69, 9.17) is 10.8 Å². The van der Waals surface area contributed by atoms with Crippen molar-refractivity contribution in [2.45, 2.75) is 0 Å². The number of aromatic nitrogens is 2. The van der Waals surface area contributed by atoms with Gasteiger partial charge in [-0.25, -0.2) is 4.63 Å². The summed E-state index contributed by atoms with van der Waals surface area (Å²) in [5.41, 5.74) is 8.79. The van der Waals surface area contributed by atoms with Gasteiger partial charge in [0.2, 0.25) is 11.6 Å². The zero-order valence-electron chi connectivity index (χ0n) is 8.16. The predicted molar refractivity (Wildman–Crippen MR) is 58.0 cm³/mol. The summed E-state index contributed by atoms with van der Waals surface area (Å²) in [6.45, 7) is 0. The molecule has 0 amide bonds. The van der Waals surface area contributed by atoms with Gasteiger partial charge in [0.15, 0.2) is 0 Å². The van der Waals surface area contributed by atoms with Crippen molar-refractivity contribution in [3.63, 3.8) is 0 Å². The summed E-state index contributed by atoms with van der Waals surface area (Å²) in [5.74, 6) is 0.605. The number of nitrogens with one attached hydrogen (secondary N) is 1. The third-order valence-electron chi connectivity index (χ3n) is 1.79. The Bertz CT molecular complexity index is 491. The smallest absolute Gasteiger partial charge is 0.235 e. The maximum absolute atomic E-state index is 9.06. The van der Waals surface area contributed by atoms with Crippen molar-refractivity contribution in [3.8, 4) is 5.75 Å². The van der Waals surface area contributed by atoms with Gasteiger partial charge in [-0.3, -0.25) is 5.43 Å². The molecule has 7 heteroatoms. The Morgan fingerprint density at radius 1 is 1.31 bits per heavy atom. The van der Waals surface area contributed by atoms with Crippen LogP contribution in [-0.2, 0) is 0 Å². The summed E-state index contributed by atoms with van der Waals surface area (Å²) in [4.78, 5) is 0. The second-order valence-electron chi connectivity index (χ2n) is 2.96. The van der Waals surface area contributed by atoms with Crippen LogP contribution in [0, 0.1) is 0 Å². The van der Waals surface area contributed by atoms with Gasteiger partial charge >= 0.3 is 0 Å². The first-order valence-corrected chi connectivity index (χ1v) is 4.42. The highest BCUT2D eigenvalue weighted by atomic mass is 16.6. The maximum Gasteiger partial charge on any atom is 0.235 e. The highest BCUT2D eigenvalue weighted by Crippen LogP contribution is 2.10. The Morgan fingerprint density at radius 3 is 2.69 bits per heavy atom. The van der Waals surface area contributed by atoms with Crippen LogP contribution in [0.4, 0.5) is 11.6 Å². The van der Waals surface area contributed by atoms with E-state index in [0.717, 1.165) is 5.56 Å². The Morgan fingerprint density at radius 2 is 2.06 bits per heavy atom. The number of phenols is 1. The molecule has 82 valence electrons. The van der Waals surface area contributed by atoms with Gasteiger partial charge in [-0.15, -0.1) is 0 Å². The minimum atomic E-state index is 0.142. The second kappa shape index (κ2) is 4.30. The fourth-order valence-corrected chi connectivity index (χ4v) is 1.00. The predicted octanol–water partition coefficient (Wildman–Crippen LogP) is 0.803. The SMILES string of the molecule is Nc1nonc1N/N=C\c1ccc(O)cc1. The van der Waals surface area contributed by atoms with Crippen LogP contribution in [0.25, 0.3) is 0 Å². The number of hydrogen-bond donors (Lipinski definition) is 3. The summed E-state index contributed by atoms with van der Waals surface area (Å²) in [6, 6.07) is 6.55. The van der Waals surface area contributed by atoms with E-state index in [1.165, 1.54) is 0 Å². The van der Waals surface area contributed by atoms with Crippen molar-refractivity contribution in [1.82, 2.24) is 10.3 Å². The van der Waals surface area contributed by atoms with Gasteiger partial charge in [-0.2, -0.15) is 5.10 Å². The molecule has 0 aliphatic heterocycles. The molecule has 1 aromatic heterocycles. The fraction of sp³-hybridized carbons (Fsp3) is 0. The molecule has 2 rings (SSSR count). The zero-order valence-corrected chi connectivity index (χ0v) is 8.16. The number of nitrogens with zero attached hydrogens (tertiary/aromatic N) is 3. The van der Waals surface area contributed by atoms with Crippen LogP contribution in [0.15, 0.2) is 34.0 Å². The topological polar surface area (TPSA) is 110 Å². The first-order valence-electron chi connectivity index (χ1n) is 4.42. The summed E-state index contributed by atoms with van der Waals surface area (Å²) in [6.07, 6.45) is 1.55. The molecule has 1 aromatic carbocycles.